The monoisotopic (exact) mass is 339 g/mol. The molecule has 0 atom stereocenters. The Morgan fingerprint density at radius 3 is 2.16 bits per heavy atom. The Hall–Kier alpha value is -2.82. The van der Waals surface area contributed by atoms with Crippen molar-refractivity contribution >= 4 is 11.9 Å². The number of carboxylic acid groups (broad SMARTS) is 1. The maximum Gasteiger partial charge on any atom is 0.335 e. The average Bonchev–Trinajstić information content (AvgIpc) is 3.45. The minimum absolute atomic E-state index is 0.0707. The minimum atomic E-state index is -0.961. The van der Waals surface area contributed by atoms with Crippen molar-refractivity contribution in [3.63, 3.8) is 0 Å². The maximum atomic E-state index is 12.7. The van der Waals surface area contributed by atoms with Gasteiger partial charge in [-0.25, -0.2) is 4.79 Å². The molecule has 0 saturated heterocycles. The number of amides is 1. The largest absolute Gasteiger partial charge is 0.497 e. The van der Waals surface area contributed by atoms with Gasteiger partial charge in [-0.05, 0) is 48.2 Å². The molecular formula is C20H21NO4. The highest BCUT2D eigenvalue weighted by molar-refractivity contribution is 5.87. The zero-order valence-electron chi connectivity index (χ0n) is 14.1. The molecule has 1 aliphatic carbocycles. The van der Waals surface area contributed by atoms with E-state index in [0.29, 0.717) is 12.6 Å². The van der Waals surface area contributed by atoms with E-state index in [4.69, 9.17) is 9.84 Å². The summed E-state index contributed by atoms with van der Waals surface area (Å²) in [6.45, 7) is 0.584. The molecule has 25 heavy (non-hydrogen) atoms. The van der Waals surface area contributed by atoms with Crippen LogP contribution in [0.5, 0.6) is 5.75 Å². The summed E-state index contributed by atoms with van der Waals surface area (Å²) in [7, 11) is 1.63. The molecule has 0 bridgehead atoms. The fourth-order valence-electron chi connectivity index (χ4n) is 2.78. The number of nitrogens with zero attached hydrogens (tertiary/aromatic N) is 1. The Labute approximate surface area is 146 Å². The molecule has 0 radical (unpaired) electrons. The summed E-state index contributed by atoms with van der Waals surface area (Å²) >= 11 is 0. The van der Waals surface area contributed by atoms with Gasteiger partial charge in [0.1, 0.15) is 5.75 Å². The second-order valence-electron chi connectivity index (χ2n) is 6.28. The number of aromatic carboxylic acids is 1. The van der Waals surface area contributed by atoms with Gasteiger partial charge in [0.15, 0.2) is 0 Å². The van der Waals surface area contributed by atoms with Crippen molar-refractivity contribution in [2.45, 2.75) is 31.8 Å². The molecule has 130 valence electrons. The standard InChI is InChI=1S/C20H21NO4/c1-25-18-10-4-15(5-11-18)13-21(17-8-9-17)19(22)12-14-2-6-16(7-3-14)20(23)24/h2-7,10-11,17H,8-9,12-13H2,1H3,(H,23,24). The van der Waals surface area contributed by atoms with E-state index in [-0.39, 0.29) is 17.9 Å². The molecule has 5 nitrogen and oxygen atoms in total. The number of rotatable bonds is 7. The molecule has 2 aromatic rings. The van der Waals surface area contributed by atoms with Gasteiger partial charge in [-0.2, -0.15) is 0 Å². The van der Waals surface area contributed by atoms with Gasteiger partial charge in [0.2, 0.25) is 5.91 Å². The highest BCUT2D eigenvalue weighted by Crippen LogP contribution is 2.29. The lowest BCUT2D eigenvalue weighted by molar-refractivity contribution is -0.131. The Bertz CT molecular complexity index is 748. The van der Waals surface area contributed by atoms with Gasteiger partial charge in [-0.1, -0.05) is 24.3 Å². The van der Waals surface area contributed by atoms with Gasteiger partial charge < -0.3 is 14.7 Å². The van der Waals surface area contributed by atoms with Crippen molar-refractivity contribution in [2.24, 2.45) is 0 Å². The van der Waals surface area contributed by atoms with Crippen LogP contribution in [0.3, 0.4) is 0 Å². The molecule has 1 aliphatic rings. The average molecular weight is 339 g/mol. The lowest BCUT2D eigenvalue weighted by atomic mass is 10.1. The third-order valence-corrected chi connectivity index (χ3v) is 4.38. The molecule has 0 aromatic heterocycles. The fraction of sp³-hybridized carbons (Fsp3) is 0.300. The van der Waals surface area contributed by atoms with Crippen LogP contribution < -0.4 is 4.74 Å². The molecule has 1 amide bonds. The summed E-state index contributed by atoms with van der Waals surface area (Å²) in [4.78, 5) is 25.6. The van der Waals surface area contributed by atoms with Gasteiger partial charge in [0.05, 0.1) is 19.1 Å². The summed E-state index contributed by atoms with van der Waals surface area (Å²) in [5.41, 5.74) is 2.13. The molecule has 0 spiro atoms. The van der Waals surface area contributed by atoms with Crippen LogP contribution in [0.25, 0.3) is 0 Å². The van der Waals surface area contributed by atoms with Crippen LogP contribution in [0, 0.1) is 0 Å². The first kappa shape index (κ1) is 17.0. The number of hydrogen-bond donors (Lipinski definition) is 1. The molecule has 1 N–H and O–H groups in total. The van der Waals surface area contributed by atoms with Crippen molar-refractivity contribution in [1.29, 1.82) is 0 Å². The molecule has 0 heterocycles. The molecule has 2 aromatic carbocycles. The van der Waals surface area contributed by atoms with E-state index in [1.54, 1.807) is 19.2 Å². The SMILES string of the molecule is COc1ccc(CN(C(=O)Cc2ccc(C(=O)O)cc2)C2CC2)cc1. The Morgan fingerprint density at radius 2 is 1.64 bits per heavy atom. The lowest BCUT2D eigenvalue weighted by Crippen LogP contribution is -2.33. The maximum absolute atomic E-state index is 12.7. The third-order valence-electron chi connectivity index (χ3n) is 4.38. The number of ether oxygens (including phenoxy) is 1. The van der Waals surface area contributed by atoms with Gasteiger partial charge >= 0.3 is 5.97 Å². The quantitative estimate of drug-likeness (QED) is 0.841. The molecule has 3 rings (SSSR count). The first-order valence-corrected chi connectivity index (χ1v) is 8.31. The smallest absolute Gasteiger partial charge is 0.335 e. The summed E-state index contributed by atoms with van der Waals surface area (Å²) in [5, 5.41) is 8.94. The van der Waals surface area contributed by atoms with E-state index in [2.05, 4.69) is 0 Å². The summed E-state index contributed by atoms with van der Waals surface area (Å²) < 4.78 is 5.16. The second-order valence-corrected chi connectivity index (χ2v) is 6.28. The van der Waals surface area contributed by atoms with E-state index >= 15 is 0 Å². The Morgan fingerprint density at radius 1 is 1.04 bits per heavy atom. The van der Waals surface area contributed by atoms with Crippen LogP contribution in [0.4, 0.5) is 0 Å². The van der Waals surface area contributed by atoms with Crippen molar-refractivity contribution in [3.05, 3.63) is 65.2 Å². The van der Waals surface area contributed by atoms with E-state index in [9.17, 15) is 9.59 Å². The van der Waals surface area contributed by atoms with Gasteiger partial charge in [0.25, 0.3) is 0 Å². The van der Waals surface area contributed by atoms with Crippen LogP contribution in [-0.4, -0.2) is 35.0 Å². The Balaban J connectivity index is 1.67. The van der Waals surface area contributed by atoms with Crippen molar-refractivity contribution in [3.8, 4) is 5.75 Å². The summed E-state index contributed by atoms with van der Waals surface area (Å²) in [5.74, 6) is -0.0926. The molecule has 1 saturated carbocycles. The summed E-state index contributed by atoms with van der Waals surface area (Å²) in [6, 6.07) is 14.6. The first-order chi connectivity index (χ1) is 12.1. The fourth-order valence-corrected chi connectivity index (χ4v) is 2.78. The second kappa shape index (κ2) is 7.38. The van der Waals surface area contributed by atoms with Gasteiger partial charge in [-0.15, -0.1) is 0 Å². The normalized spacial score (nSPS) is 13.3. The van der Waals surface area contributed by atoms with E-state index in [0.717, 1.165) is 29.7 Å². The first-order valence-electron chi connectivity index (χ1n) is 8.31. The van der Waals surface area contributed by atoms with Gasteiger partial charge in [-0.3, -0.25) is 4.79 Å². The van der Waals surface area contributed by atoms with E-state index < -0.39 is 5.97 Å². The summed E-state index contributed by atoms with van der Waals surface area (Å²) in [6.07, 6.45) is 2.37. The third kappa shape index (κ3) is 4.38. The zero-order valence-corrected chi connectivity index (χ0v) is 14.1. The molecule has 1 fully saturated rings. The molecular weight excluding hydrogens is 318 g/mol. The number of carboxylic acids is 1. The van der Waals surface area contributed by atoms with Crippen molar-refractivity contribution < 1.29 is 19.4 Å². The van der Waals surface area contributed by atoms with Gasteiger partial charge in [0, 0.05) is 12.6 Å². The van der Waals surface area contributed by atoms with Crippen LogP contribution >= 0.6 is 0 Å². The minimum Gasteiger partial charge on any atom is -0.497 e. The predicted octanol–water partition coefficient (Wildman–Crippen LogP) is 3.13. The van der Waals surface area contributed by atoms with Crippen molar-refractivity contribution in [2.75, 3.05) is 7.11 Å². The van der Waals surface area contributed by atoms with Crippen LogP contribution in [0.2, 0.25) is 0 Å². The highest BCUT2D eigenvalue weighted by Gasteiger charge is 2.32. The lowest BCUT2D eigenvalue weighted by Gasteiger charge is -2.23. The van der Waals surface area contributed by atoms with Crippen molar-refractivity contribution in [1.82, 2.24) is 4.90 Å². The zero-order chi connectivity index (χ0) is 17.8. The van der Waals surface area contributed by atoms with Crippen LogP contribution in [0.15, 0.2) is 48.5 Å². The number of benzene rings is 2. The molecule has 0 aliphatic heterocycles. The topological polar surface area (TPSA) is 66.8 Å². The number of carbonyl (C=O) groups excluding carboxylic acids is 1. The Kier molecular flexibility index (Phi) is 5.03. The number of methoxy groups -OCH3 is 1. The molecule has 0 unspecified atom stereocenters. The van der Waals surface area contributed by atoms with Crippen LogP contribution in [0.1, 0.15) is 34.3 Å². The molecule has 5 heteroatoms. The van der Waals surface area contributed by atoms with Crippen LogP contribution in [-0.2, 0) is 17.8 Å². The number of carbonyl (C=O) groups is 2. The predicted molar refractivity (Wildman–Crippen MR) is 93.7 cm³/mol. The van der Waals surface area contributed by atoms with E-state index in [1.807, 2.05) is 29.2 Å². The number of hydrogen-bond acceptors (Lipinski definition) is 3. The highest BCUT2D eigenvalue weighted by atomic mass is 16.5. The van der Waals surface area contributed by atoms with E-state index in [1.165, 1.54) is 12.1 Å².